The Bertz CT molecular complexity index is 531. The van der Waals surface area contributed by atoms with Crippen LogP contribution in [0.2, 0.25) is 0 Å². The molecule has 0 aromatic heterocycles. The molecule has 17 heavy (non-hydrogen) atoms. The Labute approximate surface area is 100.0 Å². The summed E-state index contributed by atoms with van der Waals surface area (Å²) in [4.78, 5) is 10.9. The Hall–Kier alpha value is -1.56. The second kappa shape index (κ2) is 4.37. The van der Waals surface area contributed by atoms with E-state index in [2.05, 4.69) is 0 Å². The first-order valence-electron chi connectivity index (χ1n) is 4.86. The molecule has 0 atom stereocenters. The predicted octanol–water partition coefficient (Wildman–Crippen LogP) is 1.33. The molecular formula is C11H14O5S. The molecule has 0 spiro atoms. The number of para-hydroxylation sites is 1. The topological polar surface area (TPSA) is 80.7 Å². The van der Waals surface area contributed by atoms with Crippen LogP contribution in [0.25, 0.3) is 0 Å². The van der Waals surface area contributed by atoms with Gasteiger partial charge >= 0.3 is 5.97 Å². The molecule has 1 rings (SSSR count). The van der Waals surface area contributed by atoms with Crippen LogP contribution in [0, 0.1) is 0 Å². The molecule has 0 radical (unpaired) electrons. The van der Waals surface area contributed by atoms with Gasteiger partial charge in [-0.3, -0.25) is 0 Å². The van der Waals surface area contributed by atoms with Crippen molar-refractivity contribution in [2.75, 3.05) is 6.26 Å². The number of sulfone groups is 1. The predicted molar refractivity (Wildman–Crippen MR) is 61.9 cm³/mol. The molecule has 6 heteroatoms. The van der Waals surface area contributed by atoms with E-state index in [1.54, 1.807) is 12.1 Å². The smallest absolute Gasteiger partial charge is 0.347 e. The van der Waals surface area contributed by atoms with E-state index in [-0.39, 0.29) is 10.6 Å². The monoisotopic (exact) mass is 258 g/mol. The Morgan fingerprint density at radius 3 is 2.29 bits per heavy atom. The van der Waals surface area contributed by atoms with Crippen molar-refractivity contribution >= 4 is 15.8 Å². The lowest BCUT2D eigenvalue weighted by molar-refractivity contribution is -0.152. The lowest BCUT2D eigenvalue weighted by Crippen LogP contribution is -2.38. The Kier molecular flexibility index (Phi) is 3.47. The first kappa shape index (κ1) is 13.5. The normalized spacial score (nSPS) is 12.2. The fraction of sp³-hybridized carbons (Fsp3) is 0.364. The third kappa shape index (κ3) is 3.20. The van der Waals surface area contributed by atoms with Crippen LogP contribution in [0.15, 0.2) is 29.2 Å². The van der Waals surface area contributed by atoms with Crippen molar-refractivity contribution in [2.45, 2.75) is 24.3 Å². The van der Waals surface area contributed by atoms with Crippen LogP contribution in [-0.2, 0) is 14.6 Å². The van der Waals surface area contributed by atoms with E-state index in [0.29, 0.717) is 0 Å². The molecule has 0 aliphatic carbocycles. The summed E-state index contributed by atoms with van der Waals surface area (Å²) in [7, 11) is -3.45. The van der Waals surface area contributed by atoms with E-state index < -0.39 is 21.4 Å². The quantitative estimate of drug-likeness (QED) is 0.881. The van der Waals surface area contributed by atoms with Crippen molar-refractivity contribution < 1.29 is 23.1 Å². The van der Waals surface area contributed by atoms with Crippen molar-refractivity contribution in [2.24, 2.45) is 0 Å². The second-order valence-corrected chi connectivity index (χ2v) is 6.12. The molecule has 0 heterocycles. The van der Waals surface area contributed by atoms with Crippen LogP contribution in [0.1, 0.15) is 13.8 Å². The lowest BCUT2D eigenvalue weighted by atomic mass is 10.1. The van der Waals surface area contributed by atoms with E-state index in [4.69, 9.17) is 9.84 Å². The number of carboxylic acid groups (broad SMARTS) is 1. The van der Waals surface area contributed by atoms with Gasteiger partial charge in [-0.05, 0) is 26.0 Å². The summed E-state index contributed by atoms with van der Waals surface area (Å²) in [6.45, 7) is 2.71. The maximum atomic E-state index is 11.5. The third-order valence-electron chi connectivity index (χ3n) is 2.13. The van der Waals surface area contributed by atoms with Crippen LogP contribution in [0.5, 0.6) is 5.75 Å². The molecule has 0 fully saturated rings. The summed E-state index contributed by atoms with van der Waals surface area (Å²) in [5, 5.41) is 8.92. The number of ether oxygens (including phenoxy) is 1. The van der Waals surface area contributed by atoms with Crippen LogP contribution in [-0.4, -0.2) is 31.4 Å². The van der Waals surface area contributed by atoms with Crippen LogP contribution >= 0.6 is 0 Å². The molecule has 0 saturated heterocycles. The lowest BCUT2D eigenvalue weighted by Gasteiger charge is -2.22. The maximum Gasteiger partial charge on any atom is 0.347 e. The zero-order valence-electron chi connectivity index (χ0n) is 9.80. The van der Waals surface area contributed by atoms with Gasteiger partial charge < -0.3 is 9.84 Å². The molecular weight excluding hydrogens is 244 g/mol. The summed E-state index contributed by atoms with van der Waals surface area (Å²) in [6.07, 6.45) is 1.04. The molecule has 1 aromatic rings. The third-order valence-corrected chi connectivity index (χ3v) is 3.26. The summed E-state index contributed by atoms with van der Waals surface area (Å²) in [5.74, 6) is -1.12. The van der Waals surface area contributed by atoms with E-state index >= 15 is 0 Å². The highest BCUT2D eigenvalue weighted by atomic mass is 32.2. The Morgan fingerprint density at radius 2 is 1.82 bits per heavy atom. The van der Waals surface area contributed by atoms with E-state index in [1.807, 2.05) is 0 Å². The van der Waals surface area contributed by atoms with Gasteiger partial charge in [-0.25, -0.2) is 13.2 Å². The molecule has 94 valence electrons. The second-order valence-electron chi connectivity index (χ2n) is 4.14. The number of aliphatic carboxylic acids is 1. The number of hydrogen-bond donors (Lipinski definition) is 1. The average Bonchev–Trinajstić information content (AvgIpc) is 2.15. The van der Waals surface area contributed by atoms with Crippen molar-refractivity contribution in [3.8, 4) is 5.75 Å². The SMILES string of the molecule is CC(C)(Oc1ccccc1S(C)(=O)=O)C(=O)O. The molecule has 0 unspecified atom stereocenters. The van der Waals surface area contributed by atoms with Crippen molar-refractivity contribution in [1.82, 2.24) is 0 Å². The fourth-order valence-corrected chi connectivity index (χ4v) is 1.96. The Balaban J connectivity index is 3.21. The number of carboxylic acids is 1. The summed E-state index contributed by atoms with van der Waals surface area (Å²) < 4.78 is 28.2. The summed E-state index contributed by atoms with van der Waals surface area (Å²) >= 11 is 0. The van der Waals surface area contributed by atoms with E-state index in [0.717, 1.165) is 6.26 Å². The molecule has 1 N–H and O–H groups in total. The van der Waals surface area contributed by atoms with Crippen LogP contribution < -0.4 is 4.74 Å². The minimum atomic E-state index is -3.45. The van der Waals surface area contributed by atoms with Gasteiger partial charge in [-0.1, -0.05) is 12.1 Å². The minimum absolute atomic E-state index is 0.0191. The summed E-state index contributed by atoms with van der Waals surface area (Å²) in [5.41, 5.74) is -1.49. The molecule has 1 aromatic carbocycles. The summed E-state index contributed by atoms with van der Waals surface area (Å²) in [6, 6.07) is 5.95. The zero-order chi connectivity index (χ0) is 13.3. The molecule has 0 aliphatic heterocycles. The molecule has 0 saturated carbocycles. The number of hydrogen-bond acceptors (Lipinski definition) is 4. The number of benzene rings is 1. The van der Waals surface area contributed by atoms with E-state index in [1.165, 1.54) is 26.0 Å². The fourth-order valence-electron chi connectivity index (χ4n) is 1.16. The van der Waals surface area contributed by atoms with Gasteiger partial charge in [0, 0.05) is 6.26 Å². The minimum Gasteiger partial charge on any atom is -0.478 e. The van der Waals surface area contributed by atoms with Crippen molar-refractivity contribution in [1.29, 1.82) is 0 Å². The molecule has 0 aliphatic rings. The molecule has 0 bridgehead atoms. The number of carbonyl (C=O) groups is 1. The highest BCUT2D eigenvalue weighted by Crippen LogP contribution is 2.27. The van der Waals surface area contributed by atoms with Crippen molar-refractivity contribution in [3.05, 3.63) is 24.3 Å². The van der Waals surface area contributed by atoms with Gasteiger partial charge in [0.2, 0.25) is 0 Å². The van der Waals surface area contributed by atoms with E-state index in [9.17, 15) is 13.2 Å². The number of rotatable bonds is 4. The highest BCUT2D eigenvalue weighted by molar-refractivity contribution is 7.90. The first-order valence-corrected chi connectivity index (χ1v) is 6.75. The van der Waals surface area contributed by atoms with Crippen molar-refractivity contribution in [3.63, 3.8) is 0 Å². The van der Waals surface area contributed by atoms with Gasteiger partial charge in [-0.2, -0.15) is 0 Å². The van der Waals surface area contributed by atoms with Gasteiger partial charge in [0.25, 0.3) is 0 Å². The van der Waals surface area contributed by atoms with Crippen LogP contribution in [0.3, 0.4) is 0 Å². The first-order chi connectivity index (χ1) is 7.64. The van der Waals surface area contributed by atoms with Crippen LogP contribution in [0.4, 0.5) is 0 Å². The average molecular weight is 258 g/mol. The van der Waals surface area contributed by atoms with Gasteiger partial charge in [0.05, 0.1) is 0 Å². The van der Waals surface area contributed by atoms with Gasteiger partial charge in [0.15, 0.2) is 15.4 Å². The molecule has 0 amide bonds. The van der Waals surface area contributed by atoms with Gasteiger partial charge in [-0.15, -0.1) is 0 Å². The maximum absolute atomic E-state index is 11.5. The highest BCUT2D eigenvalue weighted by Gasteiger charge is 2.31. The Morgan fingerprint density at radius 1 is 1.29 bits per heavy atom. The van der Waals surface area contributed by atoms with Gasteiger partial charge in [0.1, 0.15) is 10.6 Å². The standard InChI is InChI=1S/C11H14O5S/c1-11(2,10(12)13)16-8-6-4-5-7-9(8)17(3,14)15/h4-7H,1-3H3,(H,12,13). The molecule has 5 nitrogen and oxygen atoms in total. The largest absolute Gasteiger partial charge is 0.478 e. The zero-order valence-corrected chi connectivity index (χ0v) is 10.6.